The fourth-order valence-electron chi connectivity index (χ4n) is 2.61. The maximum atomic E-state index is 12.7. The minimum absolute atomic E-state index is 0.265. The Hall–Kier alpha value is -2.81. The lowest BCUT2D eigenvalue weighted by Gasteiger charge is -2.06. The van der Waals surface area contributed by atoms with Gasteiger partial charge in [-0.15, -0.1) is 0 Å². The molecule has 2 N–H and O–H groups in total. The van der Waals surface area contributed by atoms with E-state index in [0.717, 1.165) is 11.6 Å². The largest absolute Gasteiger partial charge is 0.435 e. The Balaban J connectivity index is 1.51. The lowest BCUT2D eigenvalue weighted by atomic mass is 10.1. The van der Waals surface area contributed by atoms with Gasteiger partial charge >= 0.3 is 6.18 Å². The molecular weight excluding hydrogens is 395 g/mol. The number of halogens is 4. The van der Waals surface area contributed by atoms with Gasteiger partial charge in [0.1, 0.15) is 5.69 Å². The second kappa shape index (κ2) is 8.05. The number of nitrogens with zero attached hydrogens (tertiary/aromatic N) is 3. The van der Waals surface area contributed by atoms with Gasteiger partial charge in [0.25, 0.3) is 5.91 Å². The predicted octanol–water partition coefficient (Wildman–Crippen LogP) is 4.07. The van der Waals surface area contributed by atoms with E-state index >= 15 is 0 Å². The van der Waals surface area contributed by atoms with Crippen molar-refractivity contribution in [1.29, 1.82) is 0 Å². The van der Waals surface area contributed by atoms with E-state index in [1.165, 1.54) is 4.68 Å². The summed E-state index contributed by atoms with van der Waals surface area (Å²) in [4.78, 5) is 12.2. The summed E-state index contributed by atoms with van der Waals surface area (Å²) in [5.74, 6) is -0.346. The summed E-state index contributed by atoms with van der Waals surface area (Å²) in [5.41, 5.74) is 1.21. The van der Waals surface area contributed by atoms with Crippen molar-refractivity contribution in [3.05, 3.63) is 58.5 Å². The van der Waals surface area contributed by atoms with E-state index in [0.29, 0.717) is 28.5 Å². The molecule has 0 saturated heterocycles. The number of hydrogen-bond donors (Lipinski definition) is 2. The number of aromatic nitrogens is 4. The molecule has 2 aromatic heterocycles. The Morgan fingerprint density at radius 3 is 2.61 bits per heavy atom. The number of alkyl halides is 3. The van der Waals surface area contributed by atoms with Crippen LogP contribution >= 0.6 is 11.6 Å². The lowest BCUT2D eigenvalue weighted by molar-refractivity contribution is -0.141. The fraction of sp³-hybridized carbons (Fsp3) is 0.278. The first-order valence-electron chi connectivity index (χ1n) is 8.45. The van der Waals surface area contributed by atoms with Crippen LogP contribution in [0.4, 0.5) is 13.2 Å². The molecule has 3 rings (SSSR count). The molecule has 0 spiro atoms. The second-order valence-electron chi connectivity index (χ2n) is 6.18. The van der Waals surface area contributed by atoms with Crippen LogP contribution in [-0.2, 0) is 12.7 Å². The molecule has 0 radical (unpaired) electrons. The predicted molar refractivity (Wildman–Crippen MR) is 97.9 cm³/mol. The van der Waals surface area contributed by atoms with E-state index in [4.69, 9.17) is 11.6 Å². The highest BCUT2D eigenvalue weighted by molar-refractivity contribution is 6.30. The van der Waals surface area contributed by atoms with Gasteiger partial charge in [-0.3, -0.25) is 14.6 Å². The van der Waals surface area contributed by atoms with Crippen LogP contribution in [0.2, 0.25) is 5.02 Å². The highest BCUT2D eigenvalue weighted by atomic mass is 35.5. The van der Waals surface area contributed by atoms with Gasteiger partial charge in [0.15, 0.2) is 5.69 Å². The molecular formula is C18H17ClF3N5O. The molecule has 10 heteroatoms. The molecule has 0 saturated carbocycles. The van der Waals surface area contributed by atoms with Crippen molar-refractivity contribution >= 4 is 17.5 Å². The summed E-state index contributed by atoms with van der Waals surface area (Å²) in [7, 11) is 0. The third-order valence-electron chi connectivity index (χ3n) is 4.07. The van der Waals surface area contributed by atoms with Crippen molar-refractivity contribution in [2.75, 3.05) is 6.54 Å². The number of carbonyl (C=O) groups is 1. The molecule has 0 aliphatic heterocycles. The number of rotatable bonds is 6. The van der Waals surface area contributed by atoms with E-state index in [9.17, 15) is 18.0 Å². The standard InChI is InChI=1S/C18H17ClF3N5O/c1-11-9-16(18(20,21)22)26-27(11)8-2-7-23-17(28)15-10-14(24-25-15)12-3-5-13(19)6-4-12/h3-6,9-10H,2,7-8H2,1H3,(H,23,28)(H,24,25). The van der Waals surface area contributed by atoms with Gasteiger partial charge in [-0.1, -0.05) is 23.7 Å². The highest BCUT2D eigenvalue weighted by Gasteiger charge is 2.34. The third kappa shape index (κ3) is 4.72. The lowest BCUT2D eigenvalue weighted by Crippen LogP contribution is -2.25. The van der Waals surface area contributed by atoms with Gasteiger partial charge in [0, 0.05) is 29.4 Å². The Morgan fingerprint density at radius 2 is 1.96 bits per heavy atom. The van der Waals surface area contributed by atoms with Crippen LogP contribution in [0.25, 0.3) is 11.3 Å². The zero-order valence-corrected chi connectivity index (χ0v) is 15.6. The molecule has 0 aliphatic carbocycles. The van der Waals surface area contributed by atoms with Crippen molar-refractivity contribution in [1.82, 2.24) is 25.3 Å². The smallest absolute Gasteiger partial charge is 0.351 e. The normalized spacial score (nSPS) is 11.6. The molecule has 3 aromatic rings. The van der Waals surface area contributed by atoms with Gasteiger partial charge in [-0.25, -0.2) is 0 Å². The molecule has 0 fully saturated rings. The third-order valence-corrected chi connectivity index (χ3v) is 4.32. The van der Waals surface area contributed by atoms with E-state index in [1.54, 1.807) is 37.3 Å². The number of hydrogen-bond acceptors (Lipinski definition) is 3. The Kier molecular flexibility index (Phi) is 5.73. The first kappa shape index (κ1) is 19.9. The highest BCUT2D eigenvalue weighted by Crippen LogP contribution is 2.28. The minimum Gasteiger partial charge on any atom is -0.351 e. The first-order chi connectivity index (χ1) is 13.2. The molecule has 2 heterocycles. The first-order valence-corrected chi connectivity index (χ1v) is 8.83. The average Bonchev–Trinajstić information content (AvgIpc) is 3.26. The zero-order chi connectivity index (χ0) is 20.3. The number of nitrogens with one attached hydrogen (secondary N) is 2. The second-order valence-corrected chi connectivity index (χ2v) is 6.61. The molecule has 1 aromatic carbocycles. The summed E-state index contributed by atoms with van der Waals surface area (Å²) in [5, 5.41) is 13.6. The van der Waals surface area contributed by atoms with E-state index in [2.05, 4.69) is 20.6 Å². The van der Waals surface area contributed by atoms with Crippen molar-refractivity contribution in [2.24, 2.45) is 0 Å². The van der Waals surface area contributed by atoms with Crippen LogP contribution < -0.4 is 5.32 Å². The van der Waals surface area contributed by atoms with E-state index in [1.807, 2.05) is 0 Å². The Morgan fingerprint density at radius 1 is 1.25 bits per heavy atom. The number of aryl methyl sites for hydroxylation is 2. The van der Waals surface area contributed by atoms with Crippen molar-refractivity contribution < 1.29 is 18.0 Å². The topological polar surface area (TPSA) is 75.6 Å². The van der Waals surface area contributed by atoms with Gasteiger partial charge in [-0.2, -0.15) is 23.4 Å². The number of benzene rings is 1. The molecule has 1 amide bonds. The van der Waals surface area contributed by atoms with Crippen LogP contribution in [0.15, 0.2) is 36.4 Å². The number of carbonyl (C=O) groups excluding carboxylic acids is 1. The molecule has 0 atom stereocenters. The Bertz CT molecular complexity index is 963. The molecule has 148 valence electrons. The number of amides is 1. The summed E-state index contributed by atoms with van der Waals surface area (Å²) in [6, 6.07) is 9.66. The zero-order valence-electron chi connectivity index (χ0n) is 14.8. The van der Waals surface area contributed by atoms with Crippen LogP contribution in [0.1, 0.15) is 28.3 Å². The van der Waals surface area contributed by atoms with E-state index < -0.39 is 11.9 Å². The number of H-pyrrole nitrogens is 1. The van der Waals surface area contributed by atoms with Crippen LogP contribution in [-0.4, -0.2) is 32.4 Å². The van der Waals surface area contributed by atoms with Gasteiger partial charge in [-0.05, 0) is 37.6 Å². The van der Waals surface area contributed by atoms with Gasteiger partial charge < -0.3 is 5.32 Å². The molecule has 0 bridgehead atoms. The summed E-state index contributed by atoms with van der Waals surface area (Å²) >= 11 is 5.85. The SMILES string of the molecule is Cc1cc(C(F)(F)F)nn1CCCNC(=O)c1cc(-c2ccc(Cl)cc2)n[nH]1. The van der Waals surface area contributed by atoms with Crippen LogP contribution in [0, 0.1) is 6.92 Å². The van der Waals surface area contributed by atoms with Crippen LogP contribution in [0.3, 0.4) is 0 Å². The molecule has 6 nitrogen and oxygen atoms in total. The van der Waals surface area contributed by atoms with Gasteiger partial charge in [0.05, 0.1) is 5.69 Å². The summed E-state index contributed by atoms with van der Waals surface area (Å²) in [6.07, 6.45) is -4.03. The van der Waals surface area contributed by atoms with E-state index in [-0.39, 0.29) is 19.0 Å². The maximum absolute atomic E-state index is 12.7. The summed E-state index contributed by atoms with van der Waals surface area (Å²) in [6.45, 7) is 2.11. The van der Waals surface area contributed by atoms with Crippen molar-refractivity contribution in [3.63, 3.8) is 0 Å². The molecule has 0 unspecified atom stereocenters. The van der Waals surface area contributed by atoms with Gasteiger partial charge in [0.2, 0.25) is 0 Å². The number of aromatic amines is 1. The maximum Gasteiger partial charge on any atom is 0.435 e. The average molecular weight is 412 g/mol. The van der Waals surface area contributed by atoms with Crippen molar-refractivity contribution in [3.8, 4) is 11.3 Å². The van der Waals surface area contributed by atoms with Crippen molar-refractivity contribution in [2.45, 2.75) is 26.1 Å². The monoisotopic (exact) mass is 411 g/mol. The minimum atomic E-state index is -4.47. The summed E-state index contributed by atoms with van der Waals surface area (Å²) < 4.78 is 39.3. The molecule has 28 heavy (non-hydrogen) atoms. The quantitative estimate of drug-likeness (QED) is 0.600. The molecule has 0 aliphatic rings. The Labute approximate surface area is 163 Å². The van der Waals surface area contributed by atoms with Crippen LogP contribution in [0.5, 0.6) is 0 Å². The fourth-order valence-corrected chi connectivity index (χ4v) is 2.73.